The molecule has 4 aromatic rings. The van der Waals surface area contributed by atoms with Crippen LogP contribution >= 0.6 is 11.3 Å². The first kappa shape index (κ1) is 18.4. The lowest BCUT2D eigenvalue weighted by Crippen LogP contribution is -2.11. The quantitative estimate of drug-likeness (QED) is 0.543. The molecule has 0 saturated carbocycles. The molecule has 0 fully saturated rings. The van der Waals surface area contributed by atoms with Crippen molar-refractivity contribution in [3.63, 3.8) is 0 Å². The van der Waals surface area contributed by atoms with Gasteiger partial charge in [0.2, 0.25) is 5.91 Å². The fourth-order valence-corrected chi connectivity index (χ4v) is 4.33. The monoisotopic (exact) mass is 425 g/mol. The number of thiazole rings is 1. The molecule has 0 radical (unpaired) electrons. The summed E-state index contributed by atoms with van der Waals surface area (Å²) >= 11 is 1.40. The lowest BCUT2D eigenvalue weighted by atomic mass is 10.1. The number of aromatic nitrogens is 4. The van der Waals surface area contributed by atoms with Crippen LogP contribution < -0.4 is 10.5 Å². The molecule has 0 aliphatic carbocycles. The Morgan fingerprint density at radius 2 is 2.07 bits per heavy atom. The predicted molar refractivity (Wildman–Crippen MR) is 106 cm³/mol. The molecule has 0 atom stereocenters. The van der Waals surface area contributed by atoms with Gasteiger partial charge in [-0.2, -0.15) is 5.10 Å². The number of nitrogens with two attached hydrogens (primary N) is 1. The molecule has 0 unspecified atom stereocenters. The first-order valence-corrected chi connectivity index (χ1v) is 9.75. The third-order valence-electron chi connectivity index (χ3n) is 4.68. The van der Waals surface area contributed by atoms with Crippen molar-refractivity contribution in [2.45, 2.75) is 6.42 Å². The second kappa shape index (κ2) is 6.99. The number of halogens is 2. The molecular formula is C20H13F2N5O2S. The largest absolute Gasteiger partial charge is 0.492 e. The van der Waals surface area contributed by atoms with Crippen molar-refractivity contribution in [1.82, 2.24) is 19.7 Å². The van der Waals surface area contributed by atoms with Crippen molar-refractivity contribution < 1.29 is 18.3 Å². The van der Waals surface area contributed by atoms with Crippen molar-refractivity contribution in [3.8, 4) is 33.5 Å². The van der Waals surface area contributed by atoms with E-state index in [9.17, 15) is 13.6 Å². The highest BCUT2D eigenvalue weighted by Crippen LogP contribution is 2.40. The van der Waals surface area contributed by atoms with Gasteiger partial charge in [0, 0.05) is 28.5 Å². The van der Waals surface area contributed by atoms with Crippen LogP contribution in [0.4, 0.5) is 8.78 Å². The van der Waals surface area contributed by atoms with Crippen LogP contribution in [0.2, 0.25) is 0 Å². The minimum atomic E-state index is -0.752. The van der Waals surface area contributed by atoms with Crippen LogP contribution in [0.5, 0.6) is 5.75 Å². The van der Waals surface area contributed by atoms with Crippen LogP contribution in [0.15, 0.2) is 42.7 Å². The lowest BCUT2D eigenvalue weighted by molar-refractivity contribution is 0.1000. The maximum absolute atomic E-state index is 14.3. The van der Waals surface area contributed by atoms with E-state index in [-0.39, 0.29) is 5.69 Å². The standard InChI is InChI=1S/C20H13F2N5O2S/c21-11-2-4-14(13(22)8-11)27-19(24-9-25-27)20-26-17-12-3-1-10(18(23)28)7-15(12)29-6-5-16(17)30-20/h1-4,7-9H,5-6H2,(H2,23,28). The number of primary amides is 1. The number of hydrogen-bond donors (Lipinski definition) is 1. The molecule has 150 valence electrons. The average Bonchev–Trinajstić information content (AvgIpc) is 3.32. The van der Waals surface area contributed by atoms with Gasteiger partial charge in [-0.25, -0.2) is 23.4 Å². The summed E-state index contributed by atoms with van der Waals surface area (Å²) < 4.78 is 34.6. The van der Waals surface area contributed by atoms with Gasteiger partial charge in [0.15, 0.2) is 16.6 Å². The van der Waals surface area contributed by atoms with E-state index in [1.807, 2.05) is 0 Å². The van der Waals surface area contributed by atoms with Crippen molar-refractivity contribution >= 4 is 17.2 Å². The minimum Gasteiger partial charge on any atom is -0.492 e. The molecule has 0 bridgehead atoms. The maximum atomic E-state index is 14.3. The van der Waals surface area contributed by atoms with Gasteiger partial charge >= 0.3 is 0 Å². The first-order chi connectivity index (χ1) is 14.5. The first-order valence-electron chi connectivity index (χ1n) is 8.94. The summed E-state index contributed by atoms with van der Waals surface area (Å²) in [4.78, 5) is 21.4. The van der Waals surface area contributed by atoms with E-state index in [2.05, 4.69) is 10.1 Å². The number of carbonyl (C=O) groups is 1. The lowest BCUT2D eigenvalue weighted by Gasteiger charge is -2.08. The molecule has 2 aromatic heterocycles. The fourth-order valence-electron chi connectivity index (χ4n) is 3.29. The Balaban J connectivity index is 1.62. The summed E-state index contributed by atoms with van der Waals surface area (Å²) in [5.74, 6) is -1.11. The zero-order valence-corrected chi connectivity index (χ0v) is 16.1. The Hall–Kier alpha value is -3.66. The predicted octanol–water partition coefficient (Wildman–Crippen LogP) is 3.37. The third-order valence-corrected chi connectivity index (χ3v) is 5.79. The van der Waals surface area contributed by atoms with E-state index in [1.54, 1.807) is 18.2 Å². The molecule has 0 saturated heterocycles. The maximum Gasteiger partial charge on any atom is 0.248 e. The zero-order chi connectivity index (χ0) is 20.8. The van der Waals surface area contributed by atoms with Crippen LogP contribution in [0, 0.1) is 11.6 Å². The molecule has 3 heterocycles. The second-order valence-electron chi connectivity index (χ2n) is 6.56. The minimum absolute atomic E-state index is 0.0733. The van der Waals surface area contributed by atoms with E-state index in [4.69, 9.17) is 15.5 Å². The van der Waals surface area contributed by atoms with Crippen LogP contribution in [-0.4, -0.2) is 32.3 Å². The van der Waals surface area contributed by atoms with Gasteiger partial charge in [0.1, 0.15) is 23.6 Å². The molecule has 30 heavy (non-hydrogen) atoms. The van der Waals surface area contributed by atoms with E-state index in [0.717, 1.165) is 22.6 Å². The van der Waals surface area contributed by atoms with Crippen molar-refractivity contribution in [3.05, 3.63) is 64.8 Å². The molecular weight excluding hydrogens is 412 g/mol. The summed E-state index contributed by atoms with van der Waals surface area (Å²) in [6.45, 7) is 0.406. The van der Waals surface area contributed by atoms with Crippen LogP contribution in [0.3, 0.4) is 0 Å². The Bertz CT molecular complexity index is 1300. The second-order valence-corrected chi connectivity index (χ2v) is 7.64. The highest BCUT2D eigenvalue weighted by atomic mass is 32.1. The summed E-state index contributed by atoms with van der Waals surface area (Å²) in [5.41, 5.74) is 7.21. The van der Waals surface area contributed by atoms with Crippen LogP contribution in [-0.2, 0) is 6.42 Å². The Labute approximate surface area is 172 Å². The molecule has 10 heteroatoms. The Kier molecular flexibility index (Phi) is 4.28. The van der Waals surface area contributed by atoms with E-state index in [1.165, 1.54) is 28.4 Å². The molecule has 0 spiro atoms. The summed E-state index contributed by atoms with van der Waals surface area (Å²) in [6.07, 6.45) is 1.90. The molecule has 1 amide bonds. The smallest absolute Gasteiger partial charge is 0.248 e. The van der Waals surface area contributed by atoms with Gasteiger partial charge in [0.05, 0.1) is 12.3 Å². The molecule has 7 nitrogen and oxygen atoms in total. The fraction of sp³-hybridized carbons (Fsp3) is 0.100. The Morgan fingerprint density at radius 1 is 1.20 bits per heavy atom. The van der Waals surface area contributed by atoms with Gasteiger partial charge in [0.25, 0.3) is 0 Å². The zero-order valence-electron chi connectivity index (χ0n) is 15.3. The number of nitrogens with zero attached hydrogens (tertiary/aromatic N) is 4. The molecule has 1 aliphatic rings. The van der Waals surface area contributed by atoms with Gasteiger partial charge in [-0.3, -0.25) is 4.79 Å². The molecule has 2 aromatic carbocycles. The number of hydrogen-bond acceptors (Lipinski definition) is 6. The number of ether oxygens (including phenoxy) is 1. The van der Waals surface area contributed by atoms with Crippen LogP contribution in [0.1, 0.15) is 15.2 Å². The SMILES string of the molecule is NC(=O)c1ccc2c(c1)OCCc1sc(-c3ncnn3-c3ccc(F)cc3F)nc1-2. The highest BCUT2D eigenvalue weighted by molar-refractivity contribution is 7.15. The molecule has 5 rings (SSSR count). The van der Waals surface area contributed by atoms with Crippen molar-refractivity contribution in [2.24, 2.45) is 5.73 Å². The van der Waals surface area contributed by atoms with Crippen LogP contribution in [0.25, 0.3) is 27.8 Å². The van der Waals surface area contributed by atoms with E-state index < -0.39 is 17.5 Å². The van der Waals surface area contributed by atoms with Crippen molar-refractivity contribution in [2.75, 3.05) is 6.61 Å². The van der Waals surface area contributed by atoms with Gasteiger partial charge in [-0.1, -0.05) is 0 Å². The summed E-state index contributed by atoms with van der Waals surface area (Å²) in [7, 11) is 0. The molecule has 1 aliphatic heterocycles. The topological polar surface area (TPSA) is 95.9 Å². The number of fused-ring (bicyclic) bond motifs is 3. The van der Waals surface area contributed by atoms with Crippen molar-refractivity contribution in [1.29, 1.82) is 0 Å². The molecule has 2 N–H and O–H groups in total. The number of amides is 1. The highest BCUT2D eigenvalue weighted by Gasteiger charge is 2.24. The third kappa shape index (κ3) is 3.01. The Morgan fingerprint density at radius 3 is 2.87 bits per heavy atom. The number of benzene rings is 2. The van der Waals surface area contributed by atoms with Gasteiger partial charge < -0.3 is 10.5 Å². The number of carbonyl (C=O) groups excluding carboxylic acids is 1. The van der Waals surface area contributed by atoms with Gasteiger partial charge in [-0.05, 0) is 30.3 Å². The van der Waals surface area contributed by atoms with E-state index in [0.29, 0.717) is 40.9 Å². The number of rotatable bonds is 3. The summed E-state index contributed by atoms with van der Waals surface area (Å²) in [5, 5.41) is 4.62. The summed E-state index contributed by atoms with van der Waals surface area (Å²) in [6, 6.07) is 8.22. The van der Waals surface area contributed by atoms with E-state index >= 15 is 0 Å². The average molecular weight is 425 g/mol. The normalized spacial score (nSPS) is 12.6. The van der Waals surface area contributed by atoms with Gasteiger partial charge in [-0.15, -0.1) is 11.3 Å².